The average molecular weight is 263 g/mol. The van der Waals surface area contributed by atoms with Gasteiger partial charge < -0.3 is 0 Å². The van der Waals surface area contributed by atoms with E-state index in [-0.39, 0.29) is 0 Å². The maximum absolute atomic E-state index is 11.9. The molecule has 0 heterocycles. The number of rotatable bonds is 3. The fourth-order valence-corrected chi connectivity index (χ4v) is 2.34. The van der Waals surface area contributed by atoms with Crippen molar-refractivity contribution in [3.63, 3.8) is 0 Å². The van der Waals surface area contributed by atoms with Gasteiger partial charge in [-0.2, -0.15) is 0 Å². The zero-order chi connectivity index (χ0) is 12.1. The van der Waals surface area contributed by atoms with Gasteiger partial charge in [-0.05, 0) is 35.9 Å². The second-order valence-electron chi connectivity index (χ2n) is 3.46. The van der Waals surface area contributed by atoms with Gasteiger partial charge in [0.15, 0.2) is 0 Å². The Balaban J connectivity index is 2.11. The fraction of sp³-hybridized carbons (Fsp3) is 0. The molecule has 0 spiro atoms. The third kappa shape index (κ3) is 3.55. The van der Waals surface area contributed by atoms with E-state index in [4.69, 9.17) is 11.6 Å². The van der Waals surface area contributed by atoms with Gasteiger partial charge in [-0.1, -0.05) is 41.9 Å². The second kappa shape index (κ2) is 5.80. The van der Waals surface area contributed by atoms with Crippen molar-refractivity contribution in [3.8, 4) is 0 Å². The molecule has 3 heteroatoms. The van der Waals surface area contributed by atoms with Crippen LogP contribution in [-0.4, -0.2) is 4.21 Å². The summed E-state index contributed by atoms with van der Waals surface area (Å²) in [5, 5.41) is 2.38. The first-order chi connectivity index (χ1) is 8.25. The fourth-order valence-electron chi connectivity index (χ4n) is 1.35. The van der Waals surface area contributed by atoms with Crippen LogP contribution in [0.3, 0.4) is 0 Å². The minimum atomic E-state index is -1.10. The highest BCUT2D eigenvalue weighted by Gasteiger charge is 1.97. The topological polar surface area (TPSA) is 17.1 Å². The van der Waals surface area contributed by atoms with E-state index in [9.17, 15) is 4.21 Å². The molecule has 0 aromatic heterocycles. The minimum absolute atomic E-state index is 0.700. The Morgan fingerprint density at radius 1 is 0.941 bits per heavy atom. The lowest BCUT2D eigenvalue weighted by Gasteiger charge is -1.96. The van der Waals surface area contributed by atoms with E-state index < -0.39 is 10.8 Å². The zero-order valence-electron chi connectivity index (χ0n) is 9.05. The van der Waals surface area contributed by atoms with Crippen molar-refractivity contribution in [2.45, 2.75) is 4.90 Å². The molecule has 2 aromatic rings. The lowest BCUT2D eigenvalue weighted by Crippen LogP contribution is -1.84. The predicted octanol–water partition coefficient (Wildman–Crippen LogP) is 4.12. The molecule has 0 saturated carbocycles. The standard InChI is InChI=1S/C14H11ClOS/c15-13-8-6-12(7-9-13)10-11-17(16)14-4-2-1-3-5-14/h1-11H. The van der Waals surface area contributed by atoms with Crippen molar-refractivity contribution < 1.29 is 4.21 Å². The Kier molecular flexibility index (Phi) is 4.13. The van der Waals surface area contributed by atoms with E-state index in [0.717, 1.165) is 10.5 Å². The van der Waals surface area contributed by atoms with Crippen LogP contribution in [0.5, 0.6) is 0 Å². The summed E-state index contributed by atoms with van der Waals surface area (Å²) >= 11 is 5.79. The summed E-state index contributed by atoms with van der Waals surface area (Å²) < 4.78 is 11.9. The van der Waals surface area contributed by atoms with Crippen LogP contribution in [0.4, 0.5) is 0 Å². The van der Waals surface area contributed by atoms with E-state index in [1.54, 1.807) is 5.41 Å². The third-order valence-electron chi connectivity index (χ3n) is 2.23. The van der Waals surface area contributed by atoms with Gasteiger partial charge in [0.1, 0.15) is 0 Å². The summed E-state index contributed by atoms with van der Waals surface area (Å²) in [6.07, 6.45) is 1.83. The van der Waals surface area contributed by atoms with Gasteiger partial charge in [0, 0.05) is 15.3 Å². The number of benzene rings is 2. The van der Waals surface area contributed by atoms with Crippen LogP contribution < -0.4 is 0 Å². The van der Waals surface area contributed by atoms with E-state index in [1.165, 1.54) is 0 Å². The Bertz CT molecular complexity index is 532. The number of hydrogen-bond donors (Lipinski definition) is 0. The van der Waals surface area contributed by atoms with E-state index in [0.29, 0.717) is 5.02 Å². The molecule has 1 unspecified atom stereocenters. The van der Waals surface area contributed by atoms with Gasteiger partial charge in [-0.15, -0.1) is 0 Å². The maximum Gasteiger partial charge on any atom is 0.0776 e. The summed E-state index contributed by atoms with van der Waals surface area (Å²) in [4.78, 5) is 0.803. The van der Waals surface area contributed by atoms with Crippen molar-refractivity contribution in [3.05, 3.63) is 70.6 Å². The number of hydrogen-bond acceptors (Lipinski definition) is 1. The van der Waals surface area contributed by atoms with Crippen molar-refractivity contribution in [1.82, 2.24) is 0 Å². The van der Waals surface area contributed by atoms with E-state index in [2.05, 4.69) is 0 Å². The summed E-state index contributed by atoms with van der Waals surface area (Å²) in [5.74, 6) is 0. The second-order valence-corrected chi connectivity index (χ2v) is 5.24. The molecule has 2 rings (SSSR count). The maximum atomic E-state index is 11.9. The summed E-state index contributed by atoms with van der Waals surface area (Å²) in [5.41, 5.74) is 0.985. The Hall–Kier alpha value is -1.38. The van der Waals surface area contributed by atoms with Gasteiger partial charge in [0.25, 0.3) is 0 Å². The van der Waals surface area contributed by atoms with Gasteiger partial charge >= 0.3 is 0 Å². The molecule has 0 aliphatic heterocycles. The molecule has 1 nitrogen and oxygen atoms in total. The first-order valence-corrected chi connectivity index (χ1v) is 6.74. The summed E-state index contributed by atoms with van der Waals surface area (Å²) in [6.45, 7) is 0. The number of halogens is 1. The van der Waals surface area contributed by atoms with Gasteiger partial charge in [0.05, 0.1) is 10.8 Å². The molecule has 0 N–H and O–H groups in total. The van der Waals surface area contributed by atoms with Crippen LogP contribution in [0, 0.1) is 0 Å². The molecule has 0 saturated heterocycles. The zero-order valence-corrected chi connectivity index (χ0v) is 10.6. The van der Waals surface area contributed by atoms with Crippen LogP contribution in [0.25, 0.3) is 6.08 Å². The molecule has 0 radical (unpaired) electrons. The molecule has 0 aliphatic rings. The first kappa shape index (κ1) is 12.1. The third-order valence-corrected chi connectivity index (χ3v) is 3.60. The molecular formula is C14H11ClOS. The summed E-state index contributed by atoms with van der Waals surface area (Å²) in [6, 6.07) is 16.8. The minimum Gasteiger partial charge on any atom is -0.250 e. The average Bonchev–Trinajstić information content (AvgIpc) is 2.39. The molecule has 0 amide bonds. The molecule has 0 bridgehead atoms. The molecule has 1 atom stereocenters. The highest BCUT2D eigenvalue weighted by Crippen LogP contribution is 2.12. The Morgan fingerprint density at radius 3 is 2.24 bits per heavy atom. The highest BCUT2D eigenvalue weighted by molar-refractivity contribution is 7.88. The lowest BCUT2D eigenvalue weighted by atomic mass is 10.2. The molecular weight excluding hydrogens is 252 g/mol. The quantitative estimate of drug-likeness (QED) is 0.813. The van der Waals surface area contributed by atoms with Gasteiger partial charge in [-0.3, -0.25) is 0 Å². The molecule has 2 aromatic carbocycles. The van der Waals surface area contributed by atoms with Crippen LogP contribution >= 0.6 is 11.6 Å². The summed E-state index contributed by atoms with van der Waals surface area (Å²) in [7, 11) is -1.10. The van der Waals surface area contributed by atoms with Crippen molar-refractivity contribution in [2.75, 3.05) is 0 Å². The monoisotopic (exact) mass is 262 g/mol. The van der Waals surface area contributed by atoms with Crippen LogP contribution in [0.1, 0.15) is 5.56 Å². The Morgan fingerprint density at radius 2 is 1.59 bits per heavy atom. The molecule has 17 heavy (non-hydrogen) atoms. The first-order valence-electron chi connectivity index (χ1n) is 5.15. The van der Waals surface area contributed by atoms with Crippen molar-refractivity contribution in [2.24, 2.45) is 0 Å². The predicted molar refractivity (Wildman–Crippen MR) is 73.3 cm³/mol. The normalized spacial score (nSPS) is 12.8. The van der Waals surface area contributed by atoms with Crippen LogP contribution in [0.2, 0.25) is 5.02 Å². The Labute approximate surface area is 108 Å². The van der Waals surface area contributed by atoms with E-state index in [1.807, 2.05) is 60.7 Å². The van der Waals surface area contributed by atoms with Gasteiger partial charge in [0.2, 0.25) is 0 Å². The van der Waals surface area contributed by atoms with Crippen LogP contribution in [-0.2, 0) is 10.8 Å². The largest absolute Gasteiger partial charge is 0.250 e. The van der Waals surface area contributed by atoms with Crippen molar-refractivity contribution in [1.29, 1.82) is 0 Å². The van der Waals surface area contributed by atoms with Gasteiger partial charge in [-0.25, -0.2) is 4.21 Å². The van der Waals surface area contributed by atoms with Crippen LogP contribution in [0.15, 0.2) is 64.9 Å². The molecule has 0 fully saturated rings. The molecule has 86 valence electrons. The highest BCUT2D eigenvalue weighted by atomic mass is 35.5. The SMILES string of the molecule is O=S(C=Cc1ccc(Cl)cc1)c1ccccc1. The molecule has 0 aliphatic carbocycles. The van der Waals surface area contributed by atoms with Crippen molar-refractivity contribution >= 4 is 28.5 Å². The smallest absolute Gasteiger partial charge is 0.0776 e. The lowest BCUT2D eigenvalue weighted by molar-refractivity contribution is 0.688. The van der Waals surface area contributed by atoms with E-state index >= 15 is 0 Å².